The van der Waals surface area contributed by atoms with Crippen molar-refractivity contribution in [1.29, 1.82) is 0 Å². The van der Waals surface area contributed by atoms with Crippen LogP contribution >= 0.6 is 34.2 Å². The molecule has 1 aliphatic rings. The maximum atomic E-state index is 6.25. The number of nitrogens with zero attached hydrogens (tertiary/aromatic N) is 2. The molecule has 0 saturated heterocycles. The number of fused-ring (bicyclic) bond motifs is 1. The lowest BCUT2D eigenvalue weighted by Gasteiger charge is -2.29. The Morgan fingerprint density at radius 1 is 1.32 bits per heavy atom. The fraction of sp³-hybridized carbons (Fsp3) is 0.333. The second kappa shape index (κ2) is 5.37. The van der Waals surface area contributed by atoms with Gasteiger partial charge in [0, 0.05) is 5.92 Å². The summed E-state index contributed by atoms with van der Waals surface area (Å²) in [4.78, 5) is 9.22. The van der Waals surface area contributed by atoms with Crippen LogP contribution < -0.4 is 0 Å². The van der Waals surface area contributed by atoms with Gasteiger partial charge in [-0.1, -0.05) is 49.2 Å². The maximum Gasteiger partial charge on any atom is 0.146 e. The highest BCUT2D eigenvalue weighted by Gasteiger charge is 2.30. The molecule has 1 atom stereocenters. The van der Waals surface area contributed by atoms with Crippen LogP contribution in [0.4, 0.5) is 0 Å². The number of aromatic nitrogens is 2. The molecule has 1 unspecified atom stereocenters. The average Bonchev–Trinajstić information content (AvgIpc) is 2.37. The number of rotatable bonds is 3. The molecule has 0 aliphatic heterocycles. The van der Waals surface area contributed by atoms with E-state index in [0.29, 0.717) is 11.1 Å². The minimum atomic E-state index is 0.321. The Labute approximate surface area is 131 Å². The molecule has 1 aliphatic carbocycles. The predicted octanol–water partition coefficient (Wildman–Crippen LogP) is 4.38. The average molecular weight is 385 g/mol. The molecule has 98 valence electrons. The zero-order valence-electron chi connectivity index (χ0n) is 10.7. The van der Waals surface area contributed by atoms with Crippen molar-refractivity contribution in [3.8, 4) is 0 Å². The highest BCUT2D eigenvalue weighted by Crippen LogP contribution is 2.39. The van der Waals surface area contributed by atoms with Gasteiger partial charge in [-0.15, -0.1) is 0 Å². The van der Waals surface area contributed by atoms with Crippen molar-refractivity contribution in [3.63, 3.8) is 0 Å². The molecule has 2 nitrogen and oxygen atoms in total. The van der Waals surface area contributed by atoms with E-state index in [0.717, 1.165) is 34.4 Å². The van der Waals surface area contributed by atoms with E-state index < -0.39 is 0 Å². The molecule has 0 radical (unpaired) electrons. The van der Waals surface area contributed by atoms with Gasteiger partial charge in [0.15, 0.2) is 0 Å². The van der Waals surface area contributed by atoms with E-state index in [1.54, 1.807) is 0 Å². The third-order valence-electron chi connectivity index (χ3n) is 3.55. The zero-order valence-corrected chi connectivity index (χ0v) is 13.6. The lowest BCUT2D eigenvalue weighted by Crippen LogP contribution is -2.21. The monoisotopic (exact) mass is 384 g/mol. The topological polar surface area (TPSA) is 25.8 Å². The molecule has 1 aromatic carbocycles. The normalized spacial score (nSPS) is 16.9. The summed E-state index contributed by atoms with van der Waals surface area (Å²) in [6.07, 6.45) is 3.06. The van der Waals surface area contributed by atoms with Crippen molar-refractivity contribution in [2.45, 2.75) is 32.1 Å². The SMILES string of the molecule is CCCc1nc(C2Cc3ccccc32)nc(Cl)c1I. The van der Waals surface area contributed by atoms with Crippen molar-refractivity contribution < 1.29 is 0 Å². The first-order valence-electron chi connectivity index (χ1n) is 6.50. The van der Waals surface area contributed by atoms with Crippen LogP contribution in [0.5, 0.6) is 0 Å². The first-order valence-corrected chi connectivity index (χ1v) is 7.96. The van der Waals surface area contributed by atoms with Crippen LogP contribution in [0.3, 0.4) is 0 Å². The molecule has 2 aromatic rings. The summed E-state index contributed by atoms with van der Waals surface area (Å²) < 4.78 is 0.998. The Hall–Kier alpha value is -0.680. The minimum Gasteiger partial charge on any atom is -0.236 e. The van der Waals surface area contributed by atoms with Gasteiger partial charge >= 0.3 is 0 Å². The summed E-state index contributed by atoms with van der Waals surface area (Å²) in [6, 6.07) is 8.50. The molecule has 4 heteroatoms. The Balaban J connectivity index is 1.99. The van der Waals surface area contributed by atoms with Gasteiger partial charge in [-0.2, -0.15) is 0 Å². The van der Waals surface area contributed by atoms with Crippen molar-refractivity contribution in [2.24, 2.45) is 0 Å². The number of hydrogen-bond acceptors (Lipinski definition) is 2. The van der Waals surface area contributed by atoms with Gasteiger partial charge in [-0.25, -0.2) is 9.97 Å². The third-order valence-corrected chi connectivity index (χ3v) is 5.28. The summed E-state index contributed by atoms with van der Waals surface area (Å²) in [5, 5.41) is 0.596. The summed E-state index contributed by atoms with van der Waals surface area (Å²) in [5.41, 5.74) is 3.84. The van der Waals surface area contributed by atoms with Gasteiger partial charge in [-0.3, -0.25) is 0 Å². The van der Waals surface area contributed by atoms with E-state index in [2.05, 4.69) is 58.8 Å². The van der Waals surface area contributed by atoms with E-state index in [4.69, 9.17) is 16.6 Å². The molecule has 3 rings (SSSR count). The Bertz CT molecular complexity index is 628. The fourth-order valence-corrected chi connectivity index (χ4v) is 3.24. The predicted molar refractivity (Wildman–Crippen MR) is 85.7 cm³/mol. The van der Waals surface area contributed by atoms with Crippen LogP contribution in [0.1, 0.15) is 41.9 Å². The molecule has 0 spiro atoms. The van der Waals surface area contributed by atoms with Crippen LogP contribution in [0.25, 0.3) is 0 Å². The Morgan fingerprint density at radius 3 is 2.84 bits per heavy atom. The lowest BCUT2D eigenvalue weighted by atomic mass is 9.77. The highest BCUT2D eigenvalue weighted by molar-refractivity contribution is 14.1. The molecule has 0 saturated carbocycles. The summed E-state index contributed by atoms with van der Waals surface area (Å²) >= 11 is 8.49. The van der Waals surface area contributed by atoms with E-state index in [-0.39, 0.29) is 0 Å². The maximum absolute atomic E-state index is 6.25. The van der Waals surface area contributed by atoms with E-state index in [1.165, 1.54) is 11.1 Å². The number of halogens is 2. The summed E-state index contributed by atoms with van der Waals surface area (Å²) in [6.45, 7) is 2.16. The minimum absolute atomic E-state index is 0.321. The zero-order chi connectivity index (χ0) is 13.4. The van der Waals surface area contributed by atoms with Gasteiger partial charge in [0.05, 0.1) is 9.26 Å². The second-order valence-corrected chi connectivity index (χ2v) is 6.28. The Morgan fingerprint density at radius 2 is 2.11 bits per heavy atom. The van der Waals surface area contributed by atoms with Gasteiger partial charge in [0.1, 0.15) is 11.0 Å². The highest BCUT2D eigenvalue weighted by atomic mass is 127. The number of aryl methyl sites for hydroxylation is 1. The summed E-state index contributed by atoms with van der Waals surface area (Å²) in [7, 11) is 0. The molecule has 0 N–H and O–H groups in total. The standard InChI is InChI=1S/C15H14ClIN2/c1-2-5-12-13(17)14(16)19-15(18-12)11-8-9-6-3-4-7-10(9)11/h3-4,6-7,11H,2,5,8H2,1H3. The Kier molecular flexibility index (Phi) is 3.76. The molecule has 1 aromatic heterocycles. The van der Waals surface area contributed by atoms with Crippen LogP contribution in [0, 0.1) is 3.57 Å². The van der Waals surface area contributed by atoms with E-state index >= 15 is 0 Å². The van der Waals surface area contributed by atoms with Gasteiger partial charge < -0.3 is 0 Å². The van der Waals surface area contributed by atoms with Crippen molar-refractivity contribution in [1.82, 2.24) is 9.97 Å². The van der Waals surface area contributed by atoms with E-state index in [1.807, 2.05) is 0 Å². The molecule has 0 amide bonds. The number of hydrogen-bond donors (Lipinski definition) is 0. The molecular formula is C15H14ClIN2. The molecule has 0 fully saturated rings. The van der Waals surface area contributed by atoms with Gasteiger partial charge in [-0.05, 0) is 46.6 Å². The summed E-state index contributed by atoms with van der Waals surface area (Å²) in [5.74, 6) is 1.20. The van der Waals surface area contributed by atoms with Crippen molar-refractivity contribution >= 4 is 34.2 Å². The lowest BCUT2D eigenvalue weighted by molar-refractivity contribution is 0.650. The molecular weight excluding hydrogens is 371 g/mol. The van der Waals surface area contributed by atoms with Gasteiger partial charge in [0.25, 0.3) is 0 Å². The largest absolute Gasteiger partial charge is 0.236 e. The first kappa shape index (κ1) is 13.3. The van der Waals surface area contributed by atoms with Crippen LogP contribution in [-0.4, -0.2) is 9.97 Å². The third kappa shape index (κ3) is 2.38. The second-order valence-electron chi connectivity index (χ2n) is 4.84. The van der Waals surface area contributed by atoms with Gasteiger partial charge in [0.2, 0.25) is 0 Å². The molecule has 19 heavy (non-hydrogen) atoms. The smallest absolute Gasteiger partial charge is 0.146 e. The number of benzene rings is 1. The molecule has 1 heterocycles. The van der Waals surface area contributed by atoms with E-state index in [9.17, 15) is 0 Å². The van der Waals surface area contributed by atoms with Crippen molar-refractivity contribution in [2.75, 3.05) is 0 Å². The van der Waals surface area contributed by atoms with Crippen LogP contribution in [0.15, 0.2) is 24.3 Å². The quantitative estimate of drug-likeness (QED) is 0.580. The van der Waals surface area contributed by atoms with Crippen LogP contribution in [0.2, 0.25) is 5.15 Å². The fourth-order valence-electron chi connectivity index (χ4n) is 2.53. The molecule has 0 bridgehead atoms. The van der Waals surface area contributed by atoms with Crippen LogP contribution in [-0.2, 0) is 12.8 Å². The van der Waals surface area contributed by atoms with Crippen molar-refractivity contribution in [3.05, 3.63) is 55.6 Å². The first-order chi connectivity index (χ1) is 9.20.